The van der Waals surface area contributed by atoms with E-state index in [1.807, 2.05) is 0 Å². The Bertz CT molecular complexity index is 295. The average molecular weight is 277 g/mol. The van der Waals surface area contributed by atoms with Crippen LogP contribution in [-0.2, 0) is 0 Å². The first kappa shape index (κ1) is 17.5. The molecule has 0 bridgehead atoms. The molecule has 0 aromatic carbocycles. The minimum atomic E-state index is 0.825. The Hall–Kier alpha value is -0.520. The number of hydrogen-bond acceptors (Lipinski definition) is 0. The van der Waals surface area contributed by atoms with E-state index in [0.29, 0.717) is 0 Å². The van der Waals surface area contributed by atoms with E-state index in [0.717, 1.165) is 5.92 Å². The Balaban J connectivity index is 2.36. The average Bonchev–Trinajstić information content (AvgIpc) is 2.62. The van der Waals surface area contributed by atoms with E-state index in [2.05, 4.69) is 32.9 Å². The van der Waals surface area contributed by atoms with Crippen LogP contribution in [0.1, 0.15) is 97.8 Å². The smallest absolute Gasteiger partial charge is 0.0139 e. The summed E-state index contributed by atoms with van der Waals surface area (Å²) in [6, 6.07) is 0. The first-order valence-corrected chi connectivity index (χ1v) is 9.12. The molecule has 0 aliphatic heterocycles. The molecular weight excluding hydrogens is 240 g/mol. The van der Waals surface area contributed by atoms with Crippen LogP contribution in [0.5, 0.6) is 0 Å². The zero-order valence-corrected chi connectivity index (χ0v) is 14.2. The van der Waals surface area contributed by atoms with Crippen molar-refractivity contribution < 1.29 is 0 Å². The summed E-state index contributed by atoms with van der Waals surface area (Å²) in [5.74, 6) is 0.825. The quantitative estimate of drug-likeness (QED) is 0.292. The Labute approximate surface area is 127 Å². The number of unbranched alkanes of at least 4 members (excludes halogenated alkanes) is 6. The molecule has 0 heterocycles. The van der Waals surface area contributed by atoms with Crippen molar-refractivity contribution in [3.8, 4) is 0 Å². The molecule has 0 spiro atoms. The fraction of sp³-hybridized carbons (Fsp3) is 0.800. The highest BCUT2D eigenvalue weighted by molar-refractivity contribution is 5.20. The topological polar surface area (TPSA) is 0 Å². The van der Waals surface area contributed by atoms with Crippen LogP contribution < -0.4 is 0 Å². The van der Waals surface area contributed by atoms with Gasteiger partial charge in [0.1, 0.15) is 0 Å². The molecule has 0 N–H and O–H groups in total. The van der Waals surface area contributed by atoms with Gasteiger partial charge < -0.3 is 0 Å². The third-order valence-electron chi connectivity index (χ3n) is 4.71. The van der Waals surface area contributed by atoms with Crippen molar-refractivity contribution in [1.29, 1.82) is 0 Å². The highest BCUT2D eigenvalue weighted by Crippen LogP contribution is 2.30. The lowest BCUT2D eigenvalue weighted by Crippen LogP contribution is -2.00. The third kappa shape index (κ3) is 7.31. The lowest BCUT2D eigenvalue weighted by molar-refractivity contribution is 0.517. The molecule has 0 nitrogen and oxygen atoms in total. The summed E-state index contributed by atoms with van der Waals surface area (Å²) in [6.07, 6.45) is 21.4. The standard InChI is InChI=1S/C20H36/c1-4-6-8-10-14-19-15-12-13-18(3)20(17-19)16-11-9-7-5-2/h12,15,19H,4-11,13-14,16-17H2,1-3H3. The molecule has 116 valence electrons. The Morgan fingerprint density at radius 3 is 2.35 bits per heavy atom. The monoisotopic (exact) mass is 276 g/mol. The van der Waals surface area contributed by atoms with E-state index in [1.54, 1.807) is 11.1 Å². The van der Waals surface area contributed by atoms with Gasteiger partial charge in [0.05, 0.1) is 0 Å². The van der Waals surface area contributed by atoms with E-state index in [9.17, 15) is 0 Å². The predicted molar refractivity (Wildman–Crippen MR) is 92.1 cm³/mol. The summed E-state index contributed by atoms with van der Waals surface area (Å²) in [6.45, 7) is 6.96. The molecule has 0 saturated carbocycles. The van der Waals surface area contributed by atoms with E-state index in [4.69, 9.17) is 0 Å². The summed E-state index contributed by atoms with van der Waals surface area (Å²) < 4.78 is 0. The normalized spacial score (nSPS) is 19.4. The molecule has 1 unspecified atom stereocenters. The lowest BCUT2D eigenvalue weighted by Gasteiger charge is -2.16. The second kappa shape index (κ2) is 11.2. The van der Waals surface area contributed by atoms with Crippen LogP contribution in [0.2, 0.25) is 0 Å². The molecule has 0 heteroatoms. The zero-order valence-electron chi connectivity index (χ0n) is 14.2. The number of hydrogen-bond donors (Lipinski definition) is 0. The van der Waals surface area contributed by atoms with E-state index < -0.39 is 0 Å². The molecule has 0 saturated heterocycles. The van der Waals surface area contributed by atoms with E-state index in [1.165, 1.54) is 77.0 Å². The number of allylic oxidation sites excluding steroid dienone is 4. The van der Waals surface area contributed by atoms with E-state index in [-0.39, 0.29) is 0 Å². The van der Waals surface area contributed by atoms with Gasteiger partial charge in [-0.1, -0.05) is 82.1 Å². The molecular formula is C20H36. The molecule has 0 amide bonds. The molecule has 1 rings (SSSR count). The van der Waals surface area contributed by atoms with Gasteiger partial charge >= 0.3 is 0 Å². The predicted octanol–water partition coefficient (Wildman–Crippen LogP) is 7.21. The SMILES string of the molecule is CCCCCCC1=C(C)CC=CC(CCCCCC)C1. The molecule has 1 aliphatic rings. The minimum absolute atomic E-state index is 0.825. The van der Waals surface area contributed by atoms with Gasteiger partial charge in [-0.25, -0.2) is 0 Å². The summed E-state index contributed by atoms with van der Waals surface area (Å²) >= 11 is 0. The van der Waals surface area contributed by atoms with Crippen molar-refractivity contribution >= 4 is 0 Å². The van der Waals surface area contributed by atoms with Gasteiger partial charge in [0.15, 0.2) is 0 Å². The Morgan fingerprint density at radius 2 is 1.65 bits per heavy atom. The molecule has 20 heavy (non-hydrogen) atoms. The second-order valence-electron chi connectivity index (χ2n) is 6.64. The van der Waals surface area contributed by atoms with Gasteiger partial charge in [0, 0.05) is 0 Å². The van der Waals surface area contributed by atoms with Crippen LogP contribution >= 0.6 is 0 Å². The van der Waals surface area contributed by atoms with Gasteiger partial charge in [-0.2, -0.15) is 0 Å². The Morgan fingerprint density at radius 1 is 0.950 bits per heavy atom. The first-order valence-electron chi connectivity index (χ1n) is 9.12. The van der Waals surface area contributed by atoms with Crippen LogP contribution in [0.15, 0.2) is 23.3 Å². The van der Waals surface area contributed by atoms with Crippen LogP contribution in [0, 0.1) is 5.92 Å². The van der Waals surface area contributed by atoms with Crippen molar-refractivity contribution in [3.05, 3.63) is 23.3 Å². The lowest BCUT2D eigenvalue weighted by atomic mass is 9.90. The summed E-state index contributed by atoms with van der Waals surface area (Å²) in [5.41, 5.74) is 3.44. The Kier molecular flexibility index (Phi) is 9.79. The largest absolute Gasteiger partial charge is 0.0848 e. The first-order chi connectivity index (χ1) is 9.77. The fourth-order valence-corrected chi connectivity index (χ4v) is 3.25. The second-order valence-corrected chi connectivity index (χ2v) is 6.64. The zero-order chi connectivity index (χ0) is 14.6. The summed E-state index contributed by atoms with van der Waals surface area (Å²) in [4.78, 5) is 0. The van der Waals surface area contributed by atoms with E-state index >= 15 is 0 Å². The molecule has 0 aromatic rings. The van der Waals surface area contributed by atoms with Gasteiger partial charge in [0.25, 0.3) is 0 Å². The molecule has 0 fully saturated rings. The summed E-state index contributed by atoms with van der Waals surface area (Å²) in [5, 5.41) is 0. The molecule has 1 aliphatic carbocycles. The van der Waals surface area contributed by atoms with Crippen LogP contribution in [0.25, 0.3) is 0 Å². The van der Waals surface area contributed by atoms with Crippen LogP contribution in [-0.4, -0.2) is 0 Å². The summed E-state index contributed by atoms with van der Waals surface area (Å²) in [7, 11) is 0. The maximum absolute atomic E-state index is 2.51. The van der Waals surface area contributed by atoms with Crippen molar-refractivity contribution in [1.82, 2.24) is 0 Å². The van der Waals surface area contributed by atoms with Crippen LogP contribution in [0.3, 0.4) is 0 Å². The van der Waals surface area contributed by atoms with Crippen molar-refractivity contribution in [2.24, 2.45) is 5.92 Å². The minimum Gasteiger partial charge on any atom is -0.0848 e. The highest BCUT2D eigenvalue weighted by atomic mass is 14.2. The molecule has 1 atom stereocenters. The third-order valence-corrected chi connectivity index (χ3v) is 4.71. The fourth-order valence-electron chi connectivity index (χ4n) is 3.25. The van der Waals surface area contributed by atoms with Crippen molar-refractivity contribution in [2.75, 3.05) is 0 Å². The highest BCUT2D eigenvalue weighted by Gasteiger charge is 2.13. The van der Waals surface area contributed by atoms with Gasteiger partial charge in [0.2, 0.25) is 0 Å². The maximum Gasteiger partial charge on any atom is -0.0139 e. The number of rotatable bonds is 10. The van der Waals surface area contributed by atoms with Gasteiger partial charge in [-0.3, -0.25) is 0 Å². The van der Waals surface area contributed by atoms with Gasteiger partial charge in [-0.15, -0.1) is 0 Å². The maximum atomic E-state index is 2.51. The van der Waals surface area contributed by atoms with Crippen molar-refractivity contribution in [3.63, 3.8) is 0 Å². The van der Waals surface area contributed by atoms with Gasteiger partial charge in [-0.05, 0) is 44.9 Å². The van der Waals surface area contributed by atoms with Crippen LogP contribution in [0.4, 0.5) is 0 Å². The molecule has 0 aromatic heterocycles. The molecule has 0 radical (unpaired) electrons. The van der Waals surface area contributed by atoms with Crippen molar-refractivity contribution in [2.45, 2.75) is 97.8 Å².